The molecule has 0 radical (unpaired) electrons. The molecule has 0 bridgehead atoms. The van der Waals surface area contributed by atoms with Gasteiger partial charge in [0.1, 0.15) is 5.75 Å². The van der Waals surface area contributed by atoms with E-state index < -0.39 is 0 Å². The van der Waals surface area contributed by atoms with Gasteiger partial charge in [0.15, 0.2) is 0 Å². The van der Waals surface area contributed by atoms with Crippen LogP contribution in [-0.2, 0) is 17.2 Å². The number of aryl methyl sites for hydroxylation is 2. The normalized spacial score (nSPS) is 9.78. The van der Waals surface area contributed by atoms with Crippen molar-refractivity contribution in [3.63, 3.8) is 0 Å². The molecule has 193 valence electrons. The van der Waals surface area contributed by atoms with Gasteiger partial charge in [0.2, 0.25) is 0 Å². The van der Waals surface area contributed by atoms with Gasteiger partial charge in [0.05, 0.1) is 0 Å². The van der Waals surface area contributed by atoms with Crippen LogP contribution in [0.25, 0.3) is 0 Å². The number of para-hydroxylation sites is 1. The molecule has 0 saturated carbocycles. The monoisotopic (exact) mass is 530 g/mol. The molecule has 4 aromatic rings. The molecule has 2 nitrogen and oxygen atoms in total. The first-order chi connectivity index (χ1) is 17.6. The smallest absolute Gasteiger partial charge is 0.0866 e. The van der Waals surface area contributed by atoms with Gasteiger partial charge in [-0.15, -0.1) is 24.3 Å². The Morgan fingerprint density at radius 1 is 0.595 bits per heavy atom. The summed E-state index contributed by atoms with van der Waals surface area (Å²) in [6, 6.07) is 31.9. The van der Waals surface area contributed by atoms with Crippen LogP contribution in [0.15, 0.2) is 101 Å². The molecule has 0 aliphatic heterocycles. The van der Waals surface area contributed by atoms with Gasteiger partial charge in [0, 0.05) is 0 Å². The number of phenolic OH excluding ortho intramolecular Hbond substituents is 1. The summed E-state index contributed by atoms with van der Waals surface area (Å²) in [5.74, 6) is 1.25. The third-order valence-electron chi connectivity index (χ3n) is 5.57. The maximum absolute atomic E-state index is 9.93. The van der Waals surface area contributed by atoms with Gasteiger partial charge in [-0.05, 0) is 23.0 Å². The summed E-state index contributed by atoms with van der Waals surface area (Å²) < 4.78 is 4.11. The number of hydrogen-bond acceptors (Lipinski definition) is 2. The average Bonchev–Trinajstić information content (AvgIpc) is 2.86. The summed E-state index contributed by atoms with van der Waals surface area (Å²) in [4.78, 5) is 0. The van der Waals surface area contributed by atoms with Crippen molar-refractivity contribution < 1.29 is 22.3 Å². The van der Waals surface area contributed by atoms with Crippen LogP contribution in [0.1, 0.15) is 72.9 Å². The number of phenols is 1. The van der Waals surface area contributed by atoms with E-state index in [4.69, 9.17) is 0 Å². The van der Waals surface area contributed by atoms with Gasteiger partial charge in [-0.25, -0.2) is 0 Å². The van der Waals surface area contributed by atoms with E-state index >= 15 is 0 Å². The van der Waals surface area contributed by atoms with E-state index in [1.165, 1.54) is 11.1 Å². The Bertz CT molecular complexity index is 1100. The molecule has 0 aliphatic rings. The largest absolute Gasteiger partial charge is 0.199 e. The van der Waals surface area contributed by atoms with Crippen LogP contribution in [0, 0.1) is 27.7 Å². The second kappa shape index (κ2) is 17.3. The van der Waals surface area contributed by atoms with E-state index in [1.807, 2.05) is 84.9 Å². The Morgan fingerprint density at radius 2 is 0.946 bits per heavy atom. The molecule has 4 aromatic carbocycles. The molecule has 3 heteroatoms. The van der Waals surface area contributed by atoms with Crippen LogP contribution in [0.5, 0.6) is 5.75 Å². The maximum Gasteiger partial charge on any atom is -0.0866 e. The van der Waals surface area contributed by atoms with Crippen LogP contribution >= 0.6 is 0 Å². The molecule has 37 heavy (non-hydrogen) atoms. The number of aromatic hydroxyl groups is 1. The van der Waals surface area contributed by atoms with Crippen LogP contribution in [-0.4, -0.2) is 5.11 Å². The van der Waals surface area contributed by atoms with Crippen LogP contribution in [0.2, 0.25) is 0 Å². The molecule has 4 rings (SSSR count). The zero-order valence-corrected chi connectivity index (χ0v) is 24.5. The van der Waals surface area contributed by atoms with E-state index in [0.717, 1.165) is 27.9 Å². The van der Waals surface area contributed by atoms with Crippen LogP contribution < -0.4 is 0 Å². The van der Waals surface area contributed by atoms with E-state index in [1.54, 1.807) is 0 Å². The minimum absolute atomic E-state index is 0.388. The zero-order valence-electron chi connectivity index (χ0n) is 23.1. The van der Waals surface area contributed by atoms with Crippen molar-refractivity contribution in [2.45, 2.75) is 53.4 Å². The Kier molecular flexibility index (Phi) is 14.9. The molecule has 0 atom stereocenters. The molecular weight excluding hydrogens is 489 g/mol. The Hall–Kier alpha value is -3.20. The summed E-state index contributed by atoms with van der Waals surface area (Å²) in [5.41, 5.74) is 7.81. The van der Waals surface area contributed by atoms with Crippen molar-refractivity contribution in [1.29, 1.82) is 0 Å². The van der Waals surface area contributed by atoms with Gasteiger partial charge in [0.25, 0.3) is 0 Å². The minimum atomic E-state index is 0.388. The van der Waals surface area contributed by atoms with Gasteiger partial charge < -0.3 is 5.11 Å². The van der Waals surface area contributed by atoms with Crippen molar-refractivity contribution in [3.05, 3.63) is 144 Å². The first-order valence-electron chi connectivity index (χ1n) is 12.6. The van der Waals surface area contributed by atoms with Crippen molar-refractivity contribution in [2.75, 3.05) is 0 Å². The Balaban J connectivity index is 0.000000255. The van der Waals surface area contributed by atoms with Crippen molar-refractivity contribution in [1.82, 2.24) is 0 Å². The van der Waals surface area contributed by atoms with E-state index in [0.29, 0.717) is 17.6 Å². The minimum Gasteiger partial charge on any atom is -0.199 e. The van der Waals surface area contributed by atoms with E-state index in [-0.39, 0.29) is 0 Å². The topological polar surface area (TPSA) is 32.6 Å². The van der Waals surface area contributed by atoms with Gasteiger partial charge in [-0.2, -0.15) is 49.2 Å². The van der Waals surface area contributed by atoms with Crippen molar-refractivity contribution in [2.24, 2.45) is 3.79 Å². The molecule has 0 spiro atoms. The zero-order chi connectivity index (χ0) is 27.8. The first-order valence-corrected chi connectivity index (χ1v) is 13.2. The molecule has 1 N–H and O–H groups in total. The second-order valence-electron chi connectivity index (χ2n) is 9.41. The van der Waals surface area contributed by atoms with Crippen LogP contribution in [0.3, 0.4) is 0 Å². The molecule has 0 unspecified atom stereocenters. The average molecular weight is 531 g/mol. The van der Waals surface area contributed by atoms with Crippen LogP contribution in [0.4, 0.5) is 5.69 Å². The molecule has 0 aliphatic carbocycles. The van der Waals surface area contributed by atoms with Crippen molar-refractivity contribution in [3.8, 4) is 5.75 Å². The quantitative estimate of drug-likeness (QED) is 0.263. The Labute approximate surface area is 234 Å². The number of benzene rings is 4. The van der Waals surface area contributed by atoms with Gasteiger partial charge in [-0.3, -0.25) is 0 Å². The molecular formula is C34H41NOV. The molecule has 0 heterocycles. The fourth-order valence-electron chi connectivity index (χ4n) is 3.43. The third kappa shape index (κ3) is 12.1. The van der Waals surface area contributed by atoms with Gasteiger partial charge >= 0.3 is 69.9 Å². The summed E-state index contributed by atoms with van der Waals surface area (Å²) in [6.07, 6.45) is 0. The summed E-state index contributed by atoms with van der Waals surface area (Å²) >= 11 is 2.25. The predicted octanol–water partition coefficient (Wildman–Crippen LogP) is 10.0. The first kappa shape index (κ1) is 31.8. The number of rotatable bonds is 3. The SMILES string of the molecule is CC(C)c1cccc(C(C)C)c1O.Cc1cccc(C)c1[N]=[V+2].[CH2-]c1ccccc1.[CH2-]c1ccccc1. The van der Waals surface area contributed by atoms with Crippen molar-refractivity contribution >= 4 is 5.69 Å². The fraction of sp³-hybridized carbons (Fsp3) is 0.235. The Morgan fingerprint density at radius 3 is 1.19 bits per heavy atom. The van der Waals surface area contributed by atoms with E-state index in [9.17, 15) is 5.11 Å². The number of nitrogens with zero attached hydrogens (tertiary/aromatic N) is 1. The molecule has 0 fully saturated rings. The summed E-state index contributed by atoms with van der Waals surface area (Å²) in [5, 5.41) is 9.93. The molecule has 0 amide bonds. The summed E-state index contributed by atoms with van der Waals surface area (Å²) in [7, 11) is 0. The molecule has 0 saturated heterocycles. The number of hydrogen-bond donors (Lipinski definition) is 1. The fourth-order valence-corrected chi connectivity index (χ4v) is 3.92. The second-order valence-corrected chi connectivity index (χ2v) is 9.72. The molecule has 0 aromatic heterocycles. The summed E-state index contributed by atoms with van der Waals surface area (Å²) in [6.45, 7) is 20.0. The van der Waals surface area contributed by atoms with E-state index in [2.05, 4.69) is 88.5 Å². The third-order valence-corrected chi connectivity index (χ3v) is 5.88. The van der Waals surface area contributed by atoms with Gasteiger partial charge in [-0.1, -0.05) is 58.0 Å². The predicted molar refractivity (Wildman–Crippen MR) is 156 cm³/mol. The standard InChI is InChI=1S/C12H18O.C8H9N.2C7H7.V/c1-8(2)10-6-5-7-11(9(3)4)12(10)13;1-6-4-3-5-7(2)8(6)9;2*1-7-5-3-2-4-6-7;/h5-9,13H,1-4H3;3-5H,1-2H3;2*2-6H,1H2;/q;;2*-1;+2. The maximum atomic E-state index is 9.93.